The first-order valence-corrected chi connectivity index (χ1v) is 7.94. The van der Waals surface area contributed by atoms with Crippen molar-refractivity contribution >= 4 is 12.0 Å². The minimum atomic E-state index is -0.580. The van der Waals surface area contributed by atoms with Crippen LogP contribution in [0.5, 0.6) is 0 Å². The minimum absolute atomic E-state index is 0.143. The maximum Gasteiger partial charge on any atom is 0.417 e. The van der Waals surface area contributed by atoms with Crippen LogP contribution >= 0.6 is 0 Å². The summed E-state index contributed by atoms with van der Waals surface area (Å²) >= 11 is 0. The molecule has 0 spiro atoms. The van der Waals surface area contributed by atoms with Gasteiger partial charge in [0.1, 0.15) is 6.61 Å². The summed E-state index contributed by atoms with van der Waals surface area (Å²) in [6.45, 7) is 2.35. The van der Waals surface area contributed by atoms with Crippen molar-refractivity contribution in [2.24, 2.45) is 5.92 Å². The highest BCUT2D eigenvalue weighted by atomic mass is 16.6. The Morgan fingerprint density at radius 2 is 2.17 bits per heavy atom. The zero-order valence-electron chi connectivity index (χ0n) is 13.4. The predicted octanol–water partition coefficient (Wildman–Crippen LogP) is 2.54. The van der Waals surface area contributed by atoms with Crippen LogP contribution in [-0.2, 0) is 16.0 Å². The van der Waals surface area contributed by atoms with Gasteiger partial charge in [-0.15, -0.1) is 0 Å². The smallest absolute Gasteiger partial charge is 0.417 e. The Labute approximate surface area is 136 Å². The zero-order valence-corrected chi connectivity index (χ0v) is 13.4. The lowest BCUT2D eigenvalue weighted by Crippen LogP contribution is -2.39. The van der Waals surface area contributed by atoms with Crippen LogP contribution in [0.4, 0.5) is 4.79 Å². The Morgan fingerprint density at radius 1 is 1.43 bits per heavy atom. The average Bonchev–Trinajstić information content (AvgIpc) is 2.92. The monoisotopic (exact) mass is 317 g/mol. The first-order valence-electron chi connectivity index (χ1n) is 7.94. The summed E-state index contributed by atoms with van der Waals surface area (Å²) in [4.78, 5) is 25.4. The SMILES string of the molecule is C[C@@H](/C=C/C(=O)N1C(=O)OC[C@H]1Cc1ccccc1)CCCO. The van der Waals surface area contributed by atoms with Crippen LogP contribution in [0.25, 0.3) is 0 Å². The van der Waals surface area contributed by atoms with E-state index in [-0.39, 0.29) is 31.1 Å². The van der Waals surface area contributed by atoms with Gasteiger partial charge in [-0.3, -0.25) is 4.79 Å². The van der Waals surface area contributed by atoms with E-state index in [1.807, 2.05) is 37.3 Å². The van der Waals surface area contributed by atoms with Crippen molar-refractivity contribution in [3.05, 3.63) is 48.0 Å². The Bertz CT molecular complexity index is 555. The van der Waals surface area contributed by atoms with E-state index in [4.69, 9.17) is 9.84 Å². The largest absolute Gasteiger partial charge is 0.447 e. The van der Waals surface area contributed by atoms with Gasteiger partial charge < -0.3 is 9.84 Å². The third-order valence-corrected chi connectivity index (χ3v) is 3.90. The Balaban J connectivity index is 1.98. The van der Waals surface area contributed by atoms with Crippen LogP contribution in [0.2, 0.25) is 0 Å². The molecule has 1 aliphatic rings. The molecule has 23 heavy (non-hydrogen) atoms. The van der Waals surface area contributed by atoms with Gasteiger partial charge in [-0.05, 0) is 36.8 Å². The molecular formula is C18H23NO4. The molecule has 0 saturated carbocycles. The van der Waals surface area contributed by atoms with Gasteiger partial charge >= 0.3 is 6.09 Å². The second kappa shape index (κ2) is 8.48. The number of aliphatic hydroxyl groups is 1. The summed E-state index contributed by atoms with van der Waals surface area (Å²) < 4.78 is 5.04. The van der Waals surface area contributed by atoms with Crippen molar-refractivity contribution in [3.8, 4) is 0 Å². The highest BCUT2D eigenvalue weighted by Gasteiger charge is 2.36. The average molecular weight is 317 g/mol. The lowest BCUT2D eigenvalue weighted by atomic mass is 10.0. The number of imide groups is 1. The van der Waals surface area contributed by atoms with Gasteiger partial charge in [0.25, 0.3) is 5.91 Å². The summed E-state index contributed by atoms with van der Waals surface area (Å²) in [5.74, 6) is -0.165. The standard InChI is InChI=1S/C18H23NO4/c1-14(6-5-11-20)9-10-17(21)19-16(13-23-18(19)22)12-15-7-3-2-4-8-15/h2-4,7-10,14,16,20H,5-6,11-13H2,1H3/b10-9+/t14-,16-/m1/s1. The molecule has 1 fully saturated rings. The summed E-state index contributed by atoms with van der Waals surface area (Å²) in [6, 6.07) is 9.47. The molecule has 5 heteroatoms. The predicted molar refractivity (Wildman–Crippen MR) is 86.8 cm³/mol. The highest BCUT2D eigenvalue weighted by molar-refractivity contribution is 5.99. The molecule has 0 aromatic heterocycles. The van der Waals surface area contributed by atoms with Gasteiger partial charge in [0, 0.05) is 6.61 Å². The second-order valence-corrected chi connectivity index (χ2v) is 5.83. The van der Waals surface area contributed by atoms with Gasteiger partial charge in [0.15, 0.2) is 0 Å². The number of carbonyl (C=O) groups is 2. The van der Waals surface area contributed by atoms with E-state index >= 15 is 0 Å². The van der Waals surface area contributed by atoms with Gasteiger partial charge in [-0.25, -0.2) is 9.69 Å². The molecular weight excluding hydrogens is 294 g/mol. The van der Waals surface area contributed by atoms with Gasteiger partial charge in [-0.1, -0.05) is 43.3 Å². The third kappa shape index (κ3) is 4.93. The Hall–Kier alpha value is -2.14. The lowest BCUT2D eigenvalue weighted by molar-refractivity contribution is -0.124. The topological polar surface area (TPSA) is 66.8 Å². The maximum atomic E-state index is 12.3. The van der Waals surface area contributed by atoms with Crippen LogP contribution in [-0.4, -0.2) is 41.3 Å². The van der Waals surface area contributed by atoms with Gasteiger partial charge in [0.2, 0.25) is 0 Å². The van der Waals surface area contributed by atoms with Crippen molar-refractivity contribution < 1.29 is 19.4 Å². The fraction of sp³-hybridized carbons (Fsp3) is 0.444. The molecule has 124 valence electrons. The molecule has 1 aromatic rings. The van der Waals surface area contributed by atoms with Crippen LogP contribution in [0.15, 0.2) is 42.5 Å². The Kier molecular flexibility index (Phi) is 6.35. The molecule has 0 unspecified atom stereocenters. The van der Waals surface area contributed by atoms with E-state index in [1.54, 1.807) is 6.08 Å². The summed E-state index contributed by atoms with van der Waals surface area (Å²) in [5, 5.41) is 8.81. The van der Waals surface area contributed by atoms with Crippen molar-refractivity contribution in [2.75, 3.05) is 13.2 Å². The number of aliphatic hydroxyl groups excluding tert-OH is 1. The number of rotatable bonds is 7. The zero-order chi connectivity index (χ0) is 16.7. The molecule has 1 aliphatic heterocycles. The quantitative estimate of drug-likeness (QED) is 0.785. The fourth-order valence-electron chi connectivity index (χ4n) is 2.60. The number of amides is 2. The molecule has 2 amide bonds. The molecule has 1 N–H and O–H groups in total. The van der Waals surface area contributed by atoms with E-state index in [1.165, 1.54) is 11.0 Å². The second-order valence-electron chi connectivity index (χ2n) is 5.83. The van der Waals surface area contributed by atoms with E-state index < -0.39 is 6.09 Å². The molecule has 2 rings (SSSR count). The first kappa shape index (κ1) is 17.2. The van der Waals surface area contributed by atoms with Gasteiger partial charge in [-0.2, -0.15) is 0 Å². The summed E-state index contributed by atoms with van der Waals surface area (Å²) in [7, 11) is 0. The Morgan fingerprint density at radius 3 is 2.87 bits per heavy atom. The van der Waals surface area contributed by atoms with Crippen molar-refractivity contribution in [3.63, 3.8) is 0 Å². The molecule has 1 aromatic carbocycles. The molecule has 5 nitrogen and oxygen atoms in total. The highest BCUT2D eigenvalue weighted by Crippen LogP contribution is 2.18. The van der Waals surface area contributed by atoms with Crippen molar-refractivity contribution in [1.29, 1.82) is 0 Å². The summed E-state index contributed by atoms with van der Waals surface area (Å²) in [6.07, 6.45) is 4.73. The molecule has 1 saturated heterocycles. The number of nitrogens with zero attached hydrogens (tertiary/aromatic N) is 1. The first-order chi connectivity index (χ1) is 11.1. The molecule has 1 heterocycles. The maximum absolute atomic E-state index is 12.3. The number of allylic oxidation sites excluding steroid dienone is 1. The number of hydrogen-bond acceptors (Lipinski definition) is 4. The molecule has 0 bridgehead atoms. The van der Waals surface area contributed by atoms with Crippen LogP contribution in [0.1, 0.15) is 25.3 Å². The van der Waals surface area contributed by atoms with Crippen LogP contribution < -0.4 is 0 Å². The van der Waals surface area contributed by atoms with E-state index in [2.05, 4.69) is 0 Å². The molecule has 0 aliphatic carbocycles. The third-order valence-electron chi connectivity index (χ3n) is 3.90. The lowest BCUT2D eigenvalue weighted by Gasteiger charge is -2.18. The van der Waals surface area contributed by atoms with Gasteiger partial charge in [0.05, 0.1) is 6.04 Å². The normalized spacial score (nSPS) is 19.1. The van der Waals surface area contributed by atoms with Crippen LogP contribution in [0, 0.1) is 5.92 Å². The molecule has 2 atom stereocenters. The minimum Gasteiger partial charge on any atom is -0.447 e. The summed E-state index contributed by atoms with van der Waals surface area (Å²) in [5.41, 5.74) is 1.06. The van der Waals surface area contributed by atoms with E-state index in [0.717, 1.165) is 12.0 Å². The fourth-order valence-corrected chi connectivity index (χ4v) is 2.60. The number of ether oxygens (including phenoxy) is 1. The van der Waals surface area contributed by atoms with Crippen molar-refractivity contribution in [1.82, 2.24) is 4.90 Å². The van der Waals surface area contributed by atoms with E-state index in [9.17, 15) is 9.59 Å². The van der Waals surface area contributed by atoms with E-state index in [0.29, 0.717) is 12.8 Å². The number of hydrogen-bond donors (Lipinski definition) is 1. The number of cyclic esters (lactones) is 1. The molecule has 0 radical (unpaired) electrons. The number of benzene rings is 1. The number of carbonyl (C=O) groups excluding carboxylic acids is 2. The van der Waals surface area contributed by atoms with Crippen molar-refractivity contribution in [2.45, 2.75) is 32.2 Å². The van der Waals surface area contributed by atoms with Crippen LogP contribution in [0.3, 0.4) is 0 Å².